The zero-order valence-corrected chi connectivity index (χ0v) is 15.5. The highest BCUT2D eigenvalue weighted by Crippen LogP contribution is 2.29. The first-order valence-electron chi connectivity index (χ1n) is 10.1. The molecular formula is C19H34N4O3. The van der Waals surface area contributed by atoms with Gasteiger partial charge in [-0.3, -0.25) is 4.79 Å². The van der Waals surface area contributed by atoms with Gasteiger partial charge in [-0.05, 0) is 38.0 Å². The summed E-state index contributed by atoms with van der Waals surface area (Å²) in [5, 5.41) is 30.6. The van der Waals surface area contributed by atoms with E-state index in [1.54, 1.807) is 4.68 Å². The van der Waals surface area contributed by atoms with Crippen LogP contribution in [0.15, 0.2) is 6.20 Å². The van der Waals surface area contributed by atoms with Crippen molar-refractivity contribution >= 4 is 5.91 Å². The van der Waals surface area contributed by atoms with Gasteiger partial charge in [-0.2, -0.15) is 0 Å². The second-order valence-electron chi connectivity index (χ2n) is 7.97. The smallest absolute Gasteiger partial charge is 0.223 e. The van der Waals surface area contributed by atoms with Gasteiger partial charge in [0, 0.05) is 13.5 Å². The molecule has 0 aromatic carbocycles. The Morgan fingerprint density at radius 1 is 1.19 bits per heavy atom. The van der Waals surface area contributed by atoms with Crippen LogP contribution in [0.25, 0.3) is 0 Å². The Hall–Kier alpha value is -1.47. The van der Waals surface area contributed by atoms with Gasteiger partial charge in [0.1, 0.15) is 0 Å². The van der Waals surface area contributed by atoms with Crippen molar-refractivity contribution in [3.63, 3.8) is 0 Å². The molecule has 0 bridgehead atoms. The molecule has 1 amide bonds. The third-order valence-electron chi connectivity index (χ3n) is 5.73. The zero-order valence-electron chi connectivity index (χ0n) is 15.5. The van der Waals surface area contributed by atoms with Gasteiger partial charge in [0.2, 0.25) is 5.91 Å². The van der Waals surface area contributed by atoms with Crippen LogP contribution in [-0.4, -0.2) is 50.4 Å². The summed E-state index contributed by atoms with van der Waals surface area (Å²) in [4.78, 5) is 11.9. The van der Waals surface area contributed by atoms with E-state index in [1.165, 1.54) is 32.1 Å². The predicted octanol–water partition coefficient (Wildman–Crippen LogP) is 1.85. The molecule has 0 saturated heterocycles. The number of carbonyl (C=O) groups excluding carboxylic acids is 1. The van der Waals surface area contributed by atoms with Gasteiger partial charge >= 0.3 is 0 Å². The first-order valence-corrected chi connectivity index (χ1v) is 10.1. The summed E-state index contributed by atoms with van der Waals surface area (Å²) < 4.78 is 1.75. The molecule has 1 aromatic heterocycles. The molecule has 2 aliphatic carbocycles. The number of nitrogens with one attached hydrogen (secondary N) is 1. The van der Waals surface area contributed by atoms with E-state index in [-0.39, 0.29) is 38.5 Å². The molecule has 0 unspecified atom stereocenters. The van der Waals surface area contributed by atoms with Crippen molar-refractivity contribution in [2.75, 3.05) is 13.2 Å². The maximum atomic E-state index is 11.9. The van der Waals surface area contributed by atoms with Crippen molar-refractivity contribution in [2.45, 2.75) is 76.3 Å². The lowest BCUT2D eigenvalue weighted by molar-refractivity contribution is -0.123. The molecule has 0 radical (unpaired) electrons. The van der Waals surface area contributed by atoms with Crippen LogP contribution in [0.5, 0.6) is 0 Å². The second kappa shape index (κ2) is 9.46. The SMILES string of the molecule is O=C(N[C@@H](CO)CC[C@H](CO)n1cc(CC2CCCCC2)nn1)C1CC1.[HH]. The summed E-state index contributed by atoms with van der Waals surface area (Å²) in [6.07, 6.45) is 12.6. The van der Waals surface area contributed by atoms with Crippen molar-refractivity contribution in [1.29, 1.82) is 0 Å². The van der Waals surface area contributed by atoms with E-state index in [9.17, 15) is 15.0 Å². The molecule has 3 N–H and O–H groups in total. The molecule has 2 aliphatic rings. The molecule has 2 saturated carbocycles. The maximum Gasteiger partial charge on any atom is 0.223 e. The van der Waals surface area contributed by atoms with E-state index in [4.69, 9.17) is 0 Å². The lowest BCUT2D eigenvalue weighted by Gasteiger charge is -2.20. The van der Waals surface area contributed by atoms with Gasteiger partial charge in [-0.25, -0.2) is 4.68 Å². The largest absolute Gasteiger partial charge is 0.394 e. The van der Waals surface area contributed by atoms with Crippen LogP contribution in [0.4, 0.5) is 0 Å². The molecule has 1 heterocycles. The first-order chi connectivity index (χ1) is 12.7. The average Bonchev–Trinajstić information content (AvgIpc) is 3.42. The molecule has 1 aromatic rings. The number of aliphatic hydroxyl groups excluding tert-OH is 2. The summed E-state index contributed by atoms with van der Waals surface area (Å²) in [6.45, 7) is -0.109. The Bertz CT molecular complexity index is 573. The van der Waals surface area contributed by atoms with Gasteiger partial charge in [-0.1, -0.05) is 37.3 Å². The molecule has 148 valence electrons. The predicted molar refractivity (Wildman–Crippen MR) is 99.5 cm³/mol. The molecule has 26 heavy (non-hydrogen) atoms. The van der Waals surface area contributed by atoms with Crippen molar-refractivity contribution in [2.24, 2.45) is 11.8 Å². The van der Waals surface area contributed by atoms with Gasteiger partial charge in [0.05, 0.1) is 31.0 Å². The summed E-state index contributed by atoms with van der Waals surface area (Å²) in [7, 11) is 0. The standard InChI is InChI=1S/C19H32N4O3.H2/c24-12-16(20-19(26)15-6-7-15)8-9-18(13-25)23-11-17(21-22-23)10-14-4-2-1-3-5-14;/h11,14-16,18,24-25H,1-10,12-13H2,(H,20,26);1H/t16-,18-;/m1./s1. The van der Waals surface area contributed by atoms with Gasteiger partial charge in [0.25, 0.3) is 0 Å². The van der Waals surface area contributed by atoms with Crippen LogP contribution >= 0.6 is 0 Å². The van der Waals surface area contributed by atoms with Gasteiger partial charge in [0.15, 0.2) is 0 Å². The number of carbonyl (C=O) groups is 1. The Balaban J connectivity index is 0.00000261. The molecule has 2 fully saturated rings. The third kappa shape index (κ3) is 5.51. The van der Waals surface area contributed by atoms with Crippen LogP contribution in [0.3, 0.4) is 0 Å². The summed E-state index contributed by atoms with van der Waals surface area (Å²) in [5.74, 6) is 0.883. The molecule has 7 nitrogen and oxygen atoms in total. The van der Waals surface area contributed by atoms with E-state index in [2.05, 4.69) is 15.6 Å². The summed E-state index contributed by atoms with van der Waals surface area (Å²) in [6, 6.07) is -0.433. The minimum atomic E-state index is -0.262. The van der Waals surface area contributed by atoms with E-state index in [0.29, 0.717) is 18.8 Å². The van der Waals surface area contributed by atoms with Crippen molar-refractivity contribution in [3.8, 4) is 0 Å². The molecule has 3 rings (SSSR count). The second-order valence-corrected chi connectivity index (χ2v) is 7.97. The van der Waals surface area contributed by atoms with Crippen molar-refractivity contribution < 1.29 is 16.4 Å². The monoisotopic (exact) mass is 366 g/mol. The van der Waals surface area contributed by atoms with Gasteiger partial charge in [-0.15, -0.1) is 5.10 Å². The number of rotatable bonds is 10. The van der Waals surface area contributed by atoms with Gasteiger partial charge < -0.3 is 15.5 Å². The fourth-order valence-electron chi connectivity index (χ4n) is 3.85. The molecule has 0 aliphatic heterocycles. The zero-order chi connectivity index (χ0) is 18.4. The van der Waals surface area contributed by atoms with Crippen molar-refractivity contribution in [1.82, 2.24) is 20.3 Å². The number of hydrogen-bond acceptors (Lipinski definition) is 5. The number of aromatic nitrogens is 3. The summed E-state index contributed by atoms with van der Waals surface area (Å²) in [5.41, 5.74) is 0.996. The maximum absolute atomic E-state index is 11.9. The minimum Gasteiger partial charge on any atom is -0.394 e. The Labute approximate surface area is 156 Å². The highest BCUT2D eigenvalue weighted by molar-refractivity contribution is 5.81. The number of amides is 1. The number of aliphatic hydroxyl groups is 2. The third-order valence-corrected chi connectivity index (χ3v) is 5.73. The first kappa shape index (κ1) is 19.3. The Morgan fingerprint density at radius 3 is 2.62 bits per heavy atom. The fourth-order valence-corrected chi connectivity index (χ4v) is 3.85. The van der Waals surface area contributed by atoms with E-state index < -0.39 is 0 Å². The van der Waals surface area contributed by atoms with E-state index in [0.717, 1.165) is 25.0 Å². The van der Waals surface area contributed by atoms with Crippen LogP contribution in [0.1, 0.15) is 70.9 Å². The molecule has 0 spiro atoms. The average molecular weight is 367 g/mol. The molecular weight excluding hydrogens is 332 g/mol. The van der Waals surface area contributed by atoms with Crippen LogP contribution in [-0.2, 0) is 11.2 Å². The van der Waals surface area contributed by atoms with Crippen LogP contribution < -0.4 is 5.32 Å². The highest BCUT2D eigenvalue weighted by Gasteiger charge is 2.31. The highest BCUT2D eigenvalue weighted by atomic mass is 16.3. The topological polar surface area (TPSA) is 100 Å². The quantitative estimate of drug-likeness (QED) is 0.587. The minimum absolute atomic E-state index is 0. The molecule has 7 heteroatoms. The molecule has 2 atom stereocenters. The van der Waals surface area contributed by atoms with Crippen molar-refractivity contribution in [3.05, 3.63) is 11.9 Å². The van der Waals surface area contributed by atoms with E-state index in [1.807, 2.05) is 6.20 Å². The lowest BCUT2D eigenvalue weighted by atomic mass is 9.86. The number of nitrogens with zero attached hydrogens (tertiary/aromatic N) is 3. The lowest BCUT2D eigenvalue weighted by Crippen LogP contribution is -2.38. The van der Waals surface area contributed by atoms with E-state index >= 15 is 0 Å². The normalized spacial score (nSPS) is 20.7. The Morgan fingerprint density at radius 2 is 1.96 bits per heavy atom. The summed E-state index contributed by atoms with van der Waals surface area (Å²) >= 11 is 0. The van der Waals surface area contributed by atoms with Crippen LogP contribution in [0, 0.1) is 11.8 Å². The fraction of sp³-hybridized carbons (Fsp3) is 0.842. The Kier molecular flexibility index (Phi) is 7.02. The number of hydrogen-bond donors (Lipinski definition) is 3. The van der Waals surface area contributed by atoms with Crippen LogP contribution in [0.2, 0.25) is 0 Å².